The maximum atomic E-state index is 12.2. The molecule has 2 rings (SSSR count). The number of sulfone groups is 1. The van der Waals surface area contributed by atoms with Gasteiger partial charge in [-0.05, 0) is 31.4 Å². The molecule has 20 heavy (non-hydrogen) atoms. The number of hydrogen-bond acceptors (Lipinski definition) is 4. The summed E-state index contributed by atoms with van der Waals surface area (Å²) >= 11 is 0. The molecule has 0 heterocycles. The summed E-state index contributed by atoms with van der Waals surface area (Å²) in [6, 6.07) is 7.26. The van der Waals surface area contributed by atoms with E-state index in [4.69, 9.17) is 10.5 Å². The van der Waals surface area contributed by atoms with Gasteiger partial charge in [-0.15, -0.1) is 0 Å². The van der Waals surface area contributed by atoms with Gasteiger partial charge in [-0.3, -0.25) is 0 Å². The largest absolute Gasteiger partial charge is 0.491 e. The number of benzene rings is 1. The Morgan fingerprint density at radius 2 is 1.85 bits per heavy atom. The Morgan fingerprint density at radius 3 is 2.55 bits per heavy atom. The lowest BCUT2D eigenvalue weighted by Crippen LogP contribution is -2.27. The van der Waals surface area contributed by atoms with Crippen LogP contribution in [0.25, 0.3) is 0 Å². The monoisotopic (exact) mass is 297 g/mol. The summed E-state index contributed by atoms with van der Waals surface area (Å²) in [6.45, 7) is 0.389. The van der Waals surface area contributed by atoms with Crippen LogP contribution >= 0.6 is 0 Å². The normalized spacial score (nSPS) is 17.0. The summed E-state index contributed by atoms with van der Waals surface area (Å²) in [4.78, 5) is 0. The van der Waals surface area contributed by atoms with Crippen molar-refractivity contribution in [1.82, 2.24) is 0 Å². The van der Waals surface area contributed by atoms with Crippen molar-refractivity contribution < 1.29 is 13.2 Å². The number of nitrogens with two attached hydrogens (primary N) is 1. The molecule has 1 aromatic carbocycles. The Hall–Kier alpha value is -1.23. The molecular formula is C15H23NO3S. The van der Waals surface area contributed by atoms with Crippen LogP contribution in [0.2, 0.25) is 0 Å². The molecule has 0 bridgehead atoms. The van der Waals surface area contributed by atoms with E-state index in [2.05, 4.69) is 0 Å². The van der Waals surface area contributed by atoms with Crippen LogP contribution < -0.4 is 10.5 Å². The standard InChI is InChI=1S/C15H23NO3S/c16-14-9-4-5-10-15(14)19-11-6-12-20(17,18)13-7-2-1-3-8-13/h4-5,9-10,13H,1-3,6-8,11-12,16H2. The average molecular weight is 297 g/mol. The summed E-state index contributed by atoms with van der Waals surface area (Å²) in [5.74, 6) is 0.840. The van der Waals surface area contributed by atoms with E-state index in [-0.39, 0.29) is 11.0 Å². The Morgan fingerprint density at radius 1 is 1.15 bits per heavy atom. The van der Waals surface area contributed by atoms with Crippen LogP contribution in [-0.4, -0.2) is 26.0 Å². The van der Waals surface area contributed by atoms with Crippen molar-refractivity contribution in [1.29, 1.82) is 0 Å². The van der Waals surface area contributed by atoms with Crippen molar-refractivity contribution in [2.45, 2.75) is 43.8 Å². The molecule has 1 fully saturated rings. The van der Waals surface area contributed by atoms with Crippen molar-refractivity contribution in [3.05, 3.63) is 24.3 Å². The minimum Gasteiger partial charge on any atom is -0.491 e. The Labute approximate surface area is 121 Å². The fraction of sp³-hybridized carbons (Fsp3) is 0.600. The summed E-state index contributed by atoms with van der Waals surface area (Å²) in [5.41, 5.74) is 6.35. The number of ether oxygens (including phenoxy) is 1. The van der Waals surface area contributed by atoms with Gasteiger partial charge < -0.3 is 10.5 Å². The molecule has 1 aliphatic carbocycles. The maximum Gasteiger partial charge on any atom is 0.153 e. The molecule has 5 heteroatoms. The highest BCUT2D eigenvalue weighted by molar-refractivity contribution is 7.92. The zero-order valence-electron chi connectivity index (χ0n) is 11.8. The Bertz CT molecular complexity index is 522. The smallest absolute Gasteiger partial charge is 0.153 e. The van der Waals surface area contributed by atoms with Gasteiger partial charge >= 0.3 is 0 Å². The molecule has 0 aromatic heterocycles. The molecule has 0 atom stereocenters. The molecule has 0 saturated heterocycles. The fourth-order valence-electron chi connectivity index (χ4n) is 2.65. The van der Waals surface area contributed by atoms with Crippen molar-refractivity contribution >= 4 is 15.5 Å². The van der Waals surface area contributed by atoms with Crippen LogP contribution in [0.5, 0.6) is 5.75 Å². The first kappa shape index (κ1) is 15.2. The van der Waals surface area contributed by atoms with Gasteiger partial charge in [0.05, 0.1) is 23.3 Å². The summed E-state index contributed by atoms with van der Waals surface area (Å²) < 4.78 is 29.9. The fourth-order valence-corrected chi connectivity index (χ4v) is 4.55. The highest BCUT2D eigenvalue weighted by atomic mass is 32.2. The minimum absolute atomic E-state index is 0.127. The van der Waals surface area contributed by atoms with E-state index in [9.17, 15) is 8.42 Å². The van der Waals surface area contributed by atoms with Gasteiger partial charge in [-0.25, -0.2) is 8.42 Å². The molecular weight excluding hydrogens is 274 g/mol. The van der Waals surface area contributed by atoms with Gasteiger partial charge in [0.2, 0.25) is 0 Å². The van der Waals surface area contributed by atoms with Gasteiger partial charge in [0, 0.05) is 0 Å². The van der Waals surface area contributed by atoms with Gasteiger partial charge in [0.15, 0.2) is 9.84 Å². The van der Waals surface area contributed by atoms with Gasteiger partial charge in [0.25, 0.3) is 0 Å². The van der Waals surface area contributed by atoms with Crippen LogP contribution in [0.3, 0.4) is 0 Å². The summed E-state index contributed by atoms with van der Waals surface area (Å²) in [7, 11) is -2.96. The molecule has 1 aromatic rings. The second-order valence-electron chi connectivity index (χ2n) is 5.37. The third-order valence-electron chi connectivity index (χ3n) is 3.81. The molecule has 1 saturated carbocycles. The van der Waals surface area contributed by atoms with Crippen molar-refractivity contribution in [2.24, 2.45) is 0 Å². The molecule has 0 amide bonds. The predicted octanol–water partition coefficient (Wildman–Crippen LogP) is 2.79. The van der Waals surface area contributed by atoms with E-state index in [1.807, 2.05) is 12.1 Å². The van der Waals surface area contributed by atoms with E-state index >= 15 is 0 Å². The first-order valence-corrected chi connectivity index (χ1v) is 9.00. The topological polar surface area (TPSA) is 69.4 Å². The number of para-hydroxylation sites is 2. The molecule has 112 valence electrons. The average Bonchev–Trinajstić information content (AvgIpc) is 2.46. The van der Waals surface area contributed by atoms with E-state index in [0.29, 0.717) is 24.5 Å². The molecule has 2 N–H and O–H groups in total. The van der Waals surface area contributed by atoms with Gasteiger partial charge in [0.1, 0.15) is 5.75 Å². The summed E-state index contributed by atoms with van der Waals surface area (Å²) in [5, 5.41) is -0.127. The number of anilines is 1. The lowest BCUT2D eigenvalue weighted by molar-refractivity contribution is 0.319. The van der Waals surface area contributed by atoms with Crippen molar-refractivity contribution in [2.75, 3.05) is 18.1 Å². The van der Waals surface area contributed by atoms with Gasteiger partial charge in [-0.1, -0.05) is 31.4 Å². The predicted molar refractivity (Wildman–Crippen MR) is 81.6 cm³/mol. The van der Waals surface area contributed by atoms with E-state index in [1.54, 1.807) is 12.1 Å². The zero-order valence-corrected chi connectivity index (χ0v) is 12.6. The highest BCUT2D eigenvalue weighted by Crippen LogP contribution is 2.25. The van der Waals surface area contributed by atoms with E-state index in [0.717, 1.165) is 25.7 Å². The SMILES string of the molecule is Nc1ccccc1OCCCS(=O)(=O)C1CCCCC1. The third-order valence-corrected chi connectivity index (χ3v) is 6.15. The molecule has 1 aliphatic rings. The van der Waals surface area contributed by atoms with Crippen LogP contribution in [0.15, 0.2) is 24.3 Å². The number of nitrogen functional groups attached to an aromatic ring is 1. The molecule has 0 radical (unpaired) electrons. The maximum absolute atomic E-state index is 12.2. The molecule has 0 spiro atoms. The second-order valence-corrected chi connectivity index (χ2v) is 7.77. The van der Waals surface area contributed by atoms with Crippen molar-refractivity contribution in [3.8, 4) is 5.75 Å². The van der Waals surface area contributed by atoms with E-state index < -0.39 is 9.84 Å². The zero-order chi connectivity index (χ0) is 14.4. The highest BCUT2D eigenvalue weighted by Gasteiger charge is 2.26. The van der Waals surface area contributed by atoms with Crippen LogP contribution in [0.1, 0.15) is 38.5 Å². The molecule has 0 aliphatic heterocycles. The number of hydrogen-bond donors (Lipinski definition) is 1. The third kappa shape index (κ3) is 4.13. The quantitative estimate of drug-likeness (QED) is 0.647. The van der Waals surface area contributed by atoms with Crippen LogP contribution in [0, 0.1) is 0 Å². The first-order chi connectivity index (χ1) is 9.59. The number of rotatable bonds is 6. The molecule has 4 nitrogen and oxygen atoms in total. The Kier molecular flexibility index (Phi) is 5.29. The Balaban J connectivity index is 1.76. The second kappa shape index (κ2) is 6.97. The lowest BCUT2D eigenvalue weighted by atomic mass is 10.0. The molecule has 0 unspecified atom stereocenters. The summed E-state index contributed by atoms with van der Waals surface area (Å²) in [6.07, 6.45) is 5.43. The van der Waals surface area contributed by atoms with Crippen LogP contribution in [0.4, 0.5) is 5.69 Å². The van der Waals surface area contributed by atoms with Crippen molar-refractivity contribution in [3.63, 3.8) is 0 Å². The minimum atomic E-state index is -2.96. The van der Waals surface area contributed by atoms with Gasteiger partial charge in [-0.2, -0.15) is 0 Å². The lowest BCUT2D eigenvalue weighted by Gasteiger charge is -2.21. The van der Waals surface area contributed by atoms with Crippen LogP contribution in [-0.2, 0) is 9.84 Å². The first-order valence-electron chi connectivity index (χ1n) is 7.28. The van der Waals surface area contributed by atoms with E-state index in [1.165, 1.54) is 6.42 Å².